The fourth-order valence-electron chi connectivity index (χ4n) is 2.45. The first-order valence-corrected chi connectivity index (χ1v) is 12.1. The highest BCUT2D eigenvalue weighted by Gasteiger charge is 2.52. The average Bonchev–Trinajstić information content (AvgIpc) is 2.71. The Kier molecular flexibility index (Phi) is 6.93. The van der Waals surface area contributed by atoms with Gasteiger partial charge in [0.05, 0.1) is 6.61 Å². The molecule has 0 aliphatic carbocycles. The van der Waals surface area contributed by atoms with Crippen LogP contribution in [0, 0.1) is 5.92 Å². The number of esters is 1. The second-order valence-electron chi connectivity index (χ2n) is 9.23. The van der Waals surface area contributed by atoms with E-state index in [9.17, 15) is 14.7 Å². The molecule has 1 N–H and O–H groups in total. The van der Waals surface area contributed by atoms with Crippen LogP contribution in [-0.4, -0.2) is 55.1 Å². The third-order valence-corrected chi connectivity index (χ3v) is 9.31. The standard InChI is InChI=1S/C18H35NO6Si/c1-10-23-15(21)12-11-13(25-26(8,9)18(5,6)7)19(14(12)20)16(22)24-17(2,3)4/h12-14,20H,10-11H2,1-9H3/t12-,13-,14-/m1/s1. The van der Waals surface area contributed by atoms with Crippen LogP contribution in [0.1, 0.15) is 54.9 Å². The van der Waals surface area contributed by atoms with Gasteiger partial charge in [-0.1, -0.05) is 20.8 Å². The van der Waals surface area contributed by atoms with Gasteiger partial charge >= 0.3 is 12.1 Å². The first kappa shape index (κ1) is 22.9. The first-order chi connectivity index (χ1) is 11.6. The van der Waals surface area contributed by atoms with Gasteiger partial charge in [0.2, 0.25) is 0 Å². The number of aliphatic hydroxyl groups is 1. The molecule has 0 radical (unpaired) electrons. The number of carbonyl (C=O) groups is 2. The number of hydrogen-bond acceptors (Lipinski definition) is 6. The molecular weight excluding hydrogens is 354 g/mol. The van der Waals surface area contributed by atoms with Gasteiger partial charge in [-0.25, -0.2) is 4.79 Å². The van der Waals surface area contributed by atoms with E-state index in [0.717, 1.165) is 4.90 Å². The van der Waals surface area contributed by atoms with E-state index in [1.165, 1.54) is 0 Å². The van der Waals surface area contributed by atoms with Crippen molar-refractivity contribution < 1.29 is 28.6 Å². The highest BCUT2D eigenvalue weighted by molar-refractivity contribution is 6.74. The largest absolute Gasteiger partial charge is 0.466 e. The Morgan fingerprint density at radius 1 is 1.15 bits per heavy atom. The van der Waals surface area contributed by atoms with Gasteiger partial charge < -0.3 is 19.0 Å². The number of hydrogen-bond donors (Lipinski definition) is 1. The minimum atomic E-state index is -2.24. The van der Waals surface area contributed by atoms with E-state index < -0.39 is 44.4 Å². The zero-order chi connectivity index (χ0) is 20.5. The second kappa shape index (κ2) is 7.86. The van der Waals surface area contributed by atoms with Crippen molar-refractivity contribution in [3.63, 3.8) is 0 Å². The molecule has 1 rings (SSSR count). The van der Waals surface area contributed by atoms with E-state index in [4.69, 9.17) is 13.9 Å². The predicted molar refractivity (Wildman–Crippen MR) is 101 cm³/mol. The van der Waals surface area contributed by atoms with Crippen molar-refractivity contribution in [1.82, 2.24) is 4.90 Å². The summed E-state index contributed by atoms with van der Waals surface area (Å²) in [6.07, 6.45) is -2.57. The van der Waals surface area contributed by atoms with Crippen molar-refractivity contribution in [2.24, 2.45) is 5.92 Å². The van der Waals surface area contributed by atoms with E-state index >= 15 is 0 Å². The van der Waals surface area contributed by atoms with Gasteiger partial charge in [0.1, 0.15) is 24.0 Å². The number of aliphatic hydroxyl groups excluding tert-OH is 1. The number of ether oxygens (including phenoxy) is 2. The Bertz CT molecular complexity index is 523. The molecule has 0 saturated carbocycles. The van der Waals surface area contributed by atoms with E-state index in [0.29, 0.717) is 0 Å². The van der Waals surface area contributed by atoms with E-state index in [1.54, 1.807) is 27.7 Å². The van der Waals surface area contributed by atoms with Crippen LogP contribution in [-0.2, 0) is 18.7 Å². The summed E-state index contributed by atoms with van der Waals surface area (Å²) in [7, 11) is -2.24. The summed E-state index contributed by atoms with van der Waals surface area (Å²) in [5, 5.41) is 10.6. The maximum Gasteiger partial charge on any atom is 0.414 e. The molecule has 8 heteroatoms. The summed E-state index contributed by atoms with van der Waals surface area (Å²) in [4.78, 5) is 26.0. The van der Waals surface area contributed by atoms with Crippen LogP contribution in [0.4, 0.5) is 4.79 Å². The molecule has 0 aromatic rings. The van der Waals surface area contributed by atoms with Crippen molar-refractivity contribution in [1.29, 1.82) is 0 Å². The summed E-state index contributed by atoms with van der Waals surface area (Å²) in [5.41, 5.74) is -0.722. The topological polar surface area (TPSA) is 85.3 Å². The molecule has 152 valence electrons. The Morgan fingerprint density at radius 2 is 1.69 bits per heavy atom. The quantitative estimate of drug-likeness (QED) is 0.585. The molecule has 0 aromatic carbocycles. The SMILES string of the molecule is CCOC(=O)[C@@H]1C[C@@H](O[Si](C)(C)C(C)(C)C)N(C(=O)OC(C)(C)C)[C@@H]1O. The fourth-order valence-corrected chi connectivity index (χ4v) is 3.69. The molecule has 1 saturated heterocycles. The molecule has 1 amide bonds. The lowest BCUT2D eigenvalue weighted by Gasteiger charge is -2.40. The van der Waals surface area contributed by atoms with E-state index in [1.807, 2.05) is 0 Å². The van der Waals surface area contributed by atoms with Crippen molar-refractivity contribution in [2.75, 3.05) is 6.61 Å². The number of nitrogens with zero attached hydrogens (tertiary/aromatic N) is 1. The Balaban J connectivity index is 3.13. The van der Waals surface area contributed by atoms with Crippen LogP contribution in [0.15, 0.2) is 0 Å². The molecule has 1 aliphatic rings. The fraction of sp³-hybridized carbons (Fsp3) is 0.889. The molecule has 1 fully saturated rings. The molecule has 7 nitrogen and oxygen atoms in total. The zero-order valence-corrected chi connectivity index (χ0v) is 18.6. The molecule has 1 heterocycles. The molecule has 1 aliphatic heterocycles. The maximum atomic E-state index is 12.7. The summed E-state index contributed by atoms with van der Waals surface area (Å²) in [5.74, 6) is -1.38. The van der Waals surface area contributed by atoms with Crippen molar-refractivity contribution in [3.8, 4) is 0 Å². The van der Waals surface area contributed by atoms with Gasteiger partial charge in [-0.15, -0.1) is 0 Å². The highest BCUT2D eigenvalue weighted by atomic mass is 28.4. The van der Waals surface area contributed by atoms with Gasteiger partial charge in [0.25, 0.3) is 0 Å². The number of likely N-dealkylation sites (tertiary alicyclic amines) is 1. The van der Waals surface area contributed by atoms with Gasteiger partial charge in [-0.3, -0.25) is 9.69 Å². The van der Waals surface area contributed by atoms with Gasteiger partial charge in [0, 0.05) is 6.42 Å². The van der Waals surface area contributed by atoms with Crippen LogP contribution in [0.25, 0.3) is 0 Å². The van der Waals surface area contributed by atoms with Crippen LogP contribution in [0.5, 0.6) is 0 Å². The first-order valence-electron chi connectivity index (χ1n) is 9.14. The van der Waals surface area contributed by atoms with Crippen LogP contribution in [0.3, 0.4) is 0 Å². The van der Waals surface area contributed by atoms with Crippen molar-refractivity contribution in [2.45, 2.75) is 91.1 Å². The van der Waals surface area contributed by atoms with Gasteiger partial charge in [-0.05, 0) is 45.8 Å². The molecule has 0 spiro atoms. The second-order valence-corrected chi connectivity index (χ2v) is 14.0. The third-order valence-electron chi connectivity index (χ3n) is 4.84. The predicted octanol–water partition coefficient (Wildman–Crippen LogP) is 3.47. The lowest BCUT2D eigenvalue weighted by molar-refractivity contribution is -0.153. The van der Waals surface area contributed by atoms with E-state index in [2.05, 4.69) is 33.9 Å². The smallest absolute Gasteiger partial charge is 0.414 e. The molecule has 0 aromatic heterocycles. The number of carbonyl (C=O) groups excluding carboxylic acids is 2. The minimum Gasteiger partial charge on any atom is -0.466 e. The van der Waals surface area contributed by atoms with Crippen LogP contribution < -0.4 is 0 Å². The monoisotopic (exact) mass is 389 g/mol. The van der Waals surface area contributed by atoms with Crippen molar-refractivity contribution >= 4 is 20.4 Å². The highest BCUT2D eigenvalue weighted by Crippen LogP contribution is 2.41. The Morgan fingerprint density at radius 3 is 2.12 bits per heavy atom. The van der Waals surface area contributed by atoms with Crippen LogP contribution in [0.2, 0.25) is 18.1 Å². The Hall–Kier alpha value is -1.12. The maximum absolute atomic E-state index is 12.7. The zero-order valence-electron chi connectivity index (χ0n) is 17.6. The van der Waals surface area contributed by atoms with Gasteiger partial charge in [0.15, 0.2) is 8.32 Å². The third kappa shape index (κ3) is 5.44. The average molecular weight is 390 g/mol. The number of rotatable bonds is 4. The summed E-state index contributed by atoms with van der Waals surface area (Å²) in [6.45, 7) is 17.5. The number of amides is 1. The minimum absolute atomic E-state index is 0.0838. The summed E-state index contributed by atoms with van der Waals surface area (Å²) in [6, 6.07) is 0. The summed E-state index contributed by atoms with van der Waals surface area (Å²) >= 11 is 0. The van der Waals surface area contributed by atoms with Gasteiger partial charge in [-0.2, -0.15) is 0 Å². The molecule has 0 bridgehead atoms. The molecular formula is C18H35NO6Si. The lowest BCUT2D eigenvalue weighted by Crippen LogP contribution is -2.52. The molecule has 3 atom stereocenters. The van der Waals surface area contributed by atoms with Crippen molar-refractivity contribution in [3.05, 3.63) is 0 Å². The van der Waals surface area contributed by atoms with E-state index in [-0.39, 0.29) is 18.1 Å². The summed E-state index contributed by atoms with van der Waals surface area (Å²) < 4.78 is 16.8. The Labute approximate surface area is 158 Å². The molecule has 26 heavy (non-hydrogen) atoms. The molecule has 0 unspecified atom stereocenters. The van der Waals surface area contributed by atoms with Crippen LogP contribution >= 0.6 is 0 Å². The lowest BCUT2D eigenvalue weighted by atomic mass is 10.1. The normalized spacial score (nSPS) is 24.5.